The minimum atomic E-state index is -1.52. The highest BCUT2D eigenvalue weighted by molar-refractivity contribution is 5.94. The van der Waals surface area contributed by atoms with Gasteiger partial charge in [-0.05, 0) is 16.7 Å². The Bertz CT molecular complexity index is 1140. The molecule has 0 fully saturated rings. The predicted octanol–water partition coefficient (Wildman–Crippen LogP) is 2.45. The summed E-state index contributed by atoms with van der Waals surface area (Å²) < 4.78 is 5.14. The molecule has 0 aliphatic rings. The number of carboxylic acids is 1. The first-order valence-corrected chi connectivity index (χ1v) is 11.7. The van der Waals surface area contributed by atoms with Crippen molar-refractivity contribution in [3.8, 4) is 0 Å². The smallest absolute Gasteiger partial charge is 0.407 e. The number of ether oxygens (including phenoxy) is 1. The third-order valence-corrected chi connectivity index (χ3v) is 5.52. The van der Waals surface area contributed by atoms with E-state index in [-0.39, 0.29) is 19.4 Å². The van der Waals surface area contributed by atoms with Crippen LogP contribution in [0.4, 0.5) is 4.79 Å². The minimum Gasteiger partial charge on any atom is -0.480 e. The summed E-state index contributed by atoms with van der Waals surface area (Å²) in [6.45, 7) is -1.01. The molecule has 3 amide bonds. The van der Waals surface area contributed by atoms with Gasteiger partial charge >= 0.3 is 12.1 Å². The maximum atomic E-state index is 13.4. The Morgan fingerprint density at radius 3 is 1.65 bits per heavy atom. The van der Waals surface area contributed by atoms with Crippen molar-refractivity contribution >= 4 is 23.9 Å². The molecule has 0 bridgehead atoms. The number of amides is 3. The van der Waals surface area contributed by atoms with Crippen molar-refractivity contribution in [1.82, 2.24) is 16.0 Å². The van der Waals surface area contributed by atoms with Gasteiger partial charge in [-0.15, -0.1) is 0 Å². The Morgan fingerprint density at radius 2 is 1.16 bits per heavy atom. The molecule has 0 saturated heterocycles. The van der Waals surface area contributed by atoms with Crippen molar-refractivity contribution in [1.29, 1.82) is 0 Å². The maximum Gasteiger partial charge on any atom is 0.407 e. The quantitative estimate of drug-likeness (QED) is 0.300. The van der Waals surface area contributed by atoms with E-state index in [9.17, 15) is 19.2 Å². The zero-order valence-corrected chi connectivity index (χ0v) is 20.2. The van der Waals surface area contributed by atoms with E-state index in [1.54, 1.807) is 12.1 Å². The molecule has 0 unspecified atom stereocenters. The normalized spacial score (nSPS) is 10.7. The van der Waals surface area contributed by atoms with E-state index in [1.807, 2.05) is 78.9 Å². The minimum absolute atomic E-state index is 0.0395. The second kappa shape index (κ2) is 13.4. The van der Waals surface area contributed by atoms with Crippen LogP contribution in [0.1, 0.15) is 16.7 Å². The molecular formula is C28H29N3O6. The Hall–Kier alpha value is -4.66. The molecule has 4 N–H and O–H groups in total. The van der Waals surface area contributed by atoms with E-state index < -0.39 is 42.5 Å². The van der Waals surface area contributed by atoms with Crippen molar-refractivity contribution in [3.63, 3.8) is 0 Å². The Morgan fingerprint density at radius 1 is 0.676 bits per heavy atom. The average Bonchev–Trinajstić information content (AvgIpc) is 2.91. The highest BCUT2D eigenvalue weighted by atomic mass is 16.5. The van der Waals surface area contributed by atoms with Gasteiger partial charge in [0.15, 0.2) is 0 Å². The van der Waals surface area contributed by atoms with Gasteiger partial charge in [-0.2, -0.15) is 0 Å². The number of hydrogen-bond acceptors (Lipinski definition) is 5. The van der Waals surface area contributed by atoms with Gasteiger partial charge in [0.25, 0.3) is 0 Å². The molecule has 37 heavy (non-hydrogen) atoms. The summed E-state index contributed by atoms with van der Waals surface area (Å²) in [5, 5.41) is 16.7. The van der Waals surface area contributed by atoms with Gasteiger partial charge < -0.3 is 25.8 Å². The third kappa shape index (κ3) is 8.81. The molecule has 0 aliphatic carbocycles. The average molecular weight is 504 g/mol. The highest BCUT2D eigenvalue weighted by Crippen LogP contribution is 2.21. The zero-order valence-electron chi connectivity index (χ0n) is 20.2. The SMILES string of the molecule is O=C(O)CNC(=O)C(Cc1ccccc1)(Cc1ccccc1)NC(=O)CNC(=O)OCc1ccccc1. The summed E-state index contributed by atoms with van der Waals surface area (Å²) >= 11 is 0. The predicted molar refractivity (Wildman–Crippen MR) is 136 cm³/mol. The number of hydrogen-bond donors (Lipinski definition) is 4. The van der Waals surface area contributed by atoms with Crippen LogP contribution >= 0.6 is 0 Å². The number of carboxylic acid groups (broad SMARTS) is 1. The maximum absolute atomic E-state index is 13.4. The number of aliphatic carboxylic acids is 1. The van der Waals surface area contributed by atoms with Gasteiger partial charge in [-0.1, -0.05) is 91.0 Å². The largest absolute Gasteiger partial charge is 0.480 e. The number of carbonyl (C=O) groups excluding carboxylic acids is 3. The van der Waals surface area contributed by atoms with E-state index in [0.717, 1.165) is 16.7 Å². The Balaban J connectivity index is 1.76. The second-order valence-electron chi connectivity index (χ2n) is 8.45. The molecule has 0 heterocycles. The summed E-state index contributed by atoms with van der Waals surface area (Å²) in [6, 6.07) is 27.2. The first-order valence-electron chi connectivity index (χ1n) is 11.7. The number of carbonyl (C=O) groups is 4. The van der Waals surface area contributed by atoms with E-state index in [1.165, 1.54) is 0 Å². The molecule has 3 aromatic carbocycles. The Kier molecular flexibility index (Phi) is 9.78. The van der Waals surface area contributed by atoms with Crippen molar-refractivity contribution < 1.29 is 29.0 Å². The fourth-order valence-electron chi connectivity index (χ4n) is 3.82. The third-order valence-electron chi connectivity index (χ3n) is 5.52. The van der Waals surface area contributed by atoms with Gasteiger partial charge in [0, 0.05) is 12.8 Å². The fourth-order valence-corrected chi connectivity index (χ4v) is 3.82. The lowest BCUT2D eigenvalue weighted by Gasteiger charge is -2.34. The van der Waals surface area contributed by atoms with E-state index in [2.05, 4.69) is 16.0 Å². The monoisotopic (exact) mass is 503 g/mol. The molecule has 0 radical (unpaired) electrons. The summed E-state index contributed by atoms with van der Waals surface area (Å²) in [6.07, 6.45) is -0.595. The lowest BCUT2D eigenvalue weighted by molar-refractivity contribution is -0.139. The van der Waals surface area contributed by atoms with Crippen LogP contribution in [0.3, 0.4) is 0 Å². The molecule has 0 atom stereocenters. The van der Waals surface area contributed by atoms with E-state index in [0.29, 0.717) is 0 Å². The molecule has 0 saturated carbocycles. The van der Waals surface area contributed by atoms with Crippen molar-refractivity contribution in [2.75, 3.05) is 13.1 Å². The molecule has 0 spiro atoms. The van der Waals surface area contributed by atoms with Gasteiger partial charge in [-0.25, -0.2) is 4.79 Å². The van der Waals surface area contributed by atoms with Crippen LogP contribution in [0.2, 0.25) is 0 Å². The molecule has 9 nitrogen and oxygen atoms in total. The molecule has 192 valence electrons. The van der Waals surface area contributed by atoms with E-state index in [4.69, 9.17) is 9.84 Å². The first kappa shape index (κ1) is 26.9. The van der Waals surface area contributed by atoms with Gasteiger partial charge in [0.2, 0.25) is 11.8 Å². The van der Waals surface area contributed by atoms with Crippen LogP contribution < -0.4 is 16.0 Å². The molecule has 3 rings (SSSR count). The van der Waals surface area contributed by atoms with Gasteiger partial charge in [0.1, 0.15) is 25.2 Å². The standard InChI is InChI=1S/C28H29N3O6/c32-24(18-30-27(36)37-20-23-14-8-3-9-15-23)31-28(26(35)29-19-25(33)34,16-21-10-4-1-5-11-21)17-22-12-6-2-7-13-22/h1-15H,16-20H2,(H,29,35)(H,30,36)(H,31,32)(H,33,34). The van der Waals surface area contributed by atoms with Crippen LogP contribution in [0.25, 0.3) is 0 Å². The molecule has 9 heteroatoms. The topological polar surface area (TPSA) is 134 Å². The first-order chi connectivity index (χ1) is 17.9. The van der Waals surface area contributed by atoms with Crippen LogP contribution in [-0.4, -0.2) is 47.6 Å². The highest BCUT2D eigenvalue weighted by Gasteiger charge is 2.40. The number of alkyl carbamates (subject to hydrolysis) is 1. The molecule has 3 aromatic rings. The van der Waals surface area contributed by atoms with Crippen LogP contribution in [0.5, 0.6) is 0 Å². The van der Waals surface area contributed by atoms with Crippen LogP contribution in [0, 0.1) is 0 Å². The summed E-state index contributed by atoms with van der Waals surface area (Å²) in [7, 11) is 0. The number of nitrogens with one attached hydrogen (secondary N) is 3. The molecule has 0 aromatic heterocycles. The van der Waals surface area contributed by atoms with E-state index >= 15 is 0 Å². The lowest BCUT2D eigenvalue weighted by atomic mass is 9.83. The molecular weight excluding hydrogens is 474 g/mol. The van der Waals surface area contributed by atoms with Gasteiger partial charge in [-0.3, -0.25) is 14.4 Å². The fraction of sp³-hybridized carbons (Fsp3) is 0.214. The van der Waals surface area contributed by atoms with Crippen molar-refractivity contribution in [2.24, 2.45) is 0 Å². The Labute approximate surface area is 214 Å². The van der Waals surface area contributed by atoms with Crippen LogP contribution in [0.15, 0.2) is 91.0 Å². The summed E-state index contributed by atoms with van der Waals surface area (Å²) in [5.41, 5.74) is 0.797. The van der Waals surface area contributed by atoms with Crippen molar-refractivity contribution in [3.05, 3.63) is 108 Å². The van der Waals surface area contributed by atoms with Crippen LogP contribution in [-0.2, 0) is 38.6 Å². The van der Waals surface area contributed by atoms with Crippen molar-refractivity contribution in [2.45, 2.75) is 25.0 Å². The second-order valence-corrected chi connectivity index (χ2v) is 8.45. The summed E-state index contributed by atoms with van der Waals surface area (Å²) in [4.78, 5) is 49.7. The number of rotatable bonds is 12. The summed E-state index contributed by atoms with van der Waals surface area (Å²) in [5.74, 6) is -2.49. The van der Waals surface area contributed by atoms with Gasteiger partial charge in [0.05, 0.1) is 0 Å². The number of benzene rings is 3. The molecule has 0 aliphatic heterocycles. The lowest BCUT2D eigenvalue weighted by Crippen LogP contribution is -2.63. The zero-order chi connectivity index (χ0) is 26.5.